The Morgan fingerprint density at radius 2 is 1.74 bits per heavy atom. The maximum atomic E-state index is 13.3. The number of ether oxygens (including phenoxy) is 2. The predicted molar refractivity (Wildman–Crippen MR) is 141 cm³/mol. The molecule has 194 valence electrons. The molecule has 0 unspecified atom stereocenters. The Labute approximate surface area is 225 Å². The SMILES string of the molecule is COc1cc(/C=C2\C(=O)NC(=O)N(c3ccc(F)cc3)C2=O)c(Br)cc1OCC(=O)Nc1ccc(C)cc1. The van der Waals surface area contributed by atoms with E-state index in [1.807, 2.05) is 19.1 Å². The molecule has 0 aliphatic carbocycles. The van der Waals surface area contributed by atoms with E-state index in [9.17, 15) is 23.6 Å². The molecule has 5 amide bonds. The molecular formula is C27H21BrFN3O6. The van der Waals surface area contributed by atoms with Gasteiger partial charge in [-0.05, 0) is 67.1 Å². The van der Waals surface area contributed by atoms with Crippen molar-refractivity contribution in [1.29, 1.82) is 0 Å². The Kier molecular flexibility index (Phi) is 7.87. The minimum atomic E-state index is -0.951. The lowest BCUT2D eigenvalue weighted by atomic mass is 10.1. The van der Waals surface area contributed by atoms with Gasteiger partial charge in [-0.3, -0.25) is 19.7 Å². The monoisotopic (exact) mass is 581 g/mol. The molecular weight excluding hydrogens is 561 g/mol. The summed E-state index contributed by atoms with van der Waals surface area (Å²) in [5.74, 6) is -2.23. The molecule has 9 nitrogen and oxygen atoms in total. The highest BCUT2D eigenvalue weighted by Crippen LogP contribution is 2.35. The molecule has 0 saturated carbocycles. The second-order valence-electron chi connectivity index (χ2n) is 8.16. The standard InChI is InChI=1S/C27H21BrFN3O6/c1-15-3-7-18(8-4-15)30-24(33)14-38-23-13-21(28)16(12-22(23)37-2)11-20-25(34)31-27(36)32(26(20)35)19-9-5-17(29)6-10-19/h3-13H,14H2,1-2H3,(H,30,33)(H,31,34,36)/b20-11+. The van der Waals surface area contributed by atoms with Gasteiger partial charge in [-0.2, -0.15) is 0 Å². The zero-order valence-corrected chi connectivity index (χ0v) is 21.8. The van der Waals surface area contributed by atoms with Gasteiger partial charge in [0.2, 0.25) is 0 Å². The average molecular weight is 582 g/mol. The number of methoxy groups -OCH3 is 1. The Morgan fingerprint density at radius 3 is 2.39 bits per heavy atom. The lowest BCUT2D eigenvalue weighted by molar-refractivity contribution is -0.122. The van der Waals surface area contributed by atoms with Crippen LogP contribution in [0.25, 0.3) is 6.08 Å². The lowest BCUT2D eigenvalue weighted by Gasteiger charge is -2.26. The van der Waals surface area contributed by atoms with Gasteiger partial charge in [0.25, 0.3) is 17.7 Å². The normalized spacial score (nSPS) is 14.4. The van der Waals surface area contributed by atoms with Crippen LogP contribution in [-0.4, -0.2) is 37.5 Å². The fourth-order valence-electron chi connectivity index (χ4n) is 3.55. The summed E-state index contributed by atoms with van der Waals surface area (Å²) in [7, 11) is 1.40. The van der Waals surface area contributed by atoms with Crippen LogP contribution in [0.2, 0.25) is 0 Å². The summed E-state index contributed by atoms with van der Waals surface area (Å²) in [6.07, 6.45) is 1.28. The molecule has 4 rings (SSSR count). The van der Waals surface area contributed by atoms with Crippen LogP contribution < -0.4 is 25.0 Å². The third kappa shape index (κ3) is 5.89. The summed E-state index contributed by atoms with van der Waals surface area (Å²) in [5, 5.41) is 4.84. The molecule has 2 N–H and O–H groups in total. The minimum Gasteiger partial charge on any atom is -0.493 e. The van der Waals surface area contributed by atoms with Crippen molar-refractivity contribution < 1.29 is 33.0 Å². The van der Waals surface area contributed by atoms with Crippen LogP contribution in [0.15, 0.2) is 70.7 Å². The molecule has 1 fully saturated rings. The Bertz CT molecular complexity index is 1450. The van der Waals surface area contributed by atoms with E-state index in [4.69, 9.17) is 9.47 Å². The lowest BCUT2D eigenvalue weighted by Crippen LogP contribution is -2.54. The first kappa shape index (κ1) is 26.6. The van der Waals surface area contributed by atoms with Crippen molar-refractivity contribution in [1.82, 2.24) is 5.32 Å². The smallest absolute Gasteiger partial charge is 0.335 e. The average Bonchev–Trinajstić information content (AvgIpc) is 2.88. The number of hydrogen-bond donors (Lipinski definition) is 2. The molecule has 3 aromatic rings. The van der Waals surface area contributed by atoms with Gasteiger partial charge in [-0.25, -0.2) is 14.1 Å². The third-order valence-corrected chi connectivity index (χ3v) is 6.15. The van der Waals surface area contributed by atoms with E-state index in [-0.39, 0.29) is 35.3 Å². The van der Waals surface area contributed by atoms with Crippen LogP contribution in [0.1, 0.15) is 11.1 Å². The number of hydrogen-bond acceptors (Lipinski definition) is 6. The number of aryl methyl sites for hydroxylation is 1. The van der Waals surface area contributed by atoms with Gasteiger partial charge in [-0.15, -0.1) is 0 Å². The van der Waals surface area contributed by atoms with Crippen molar-refractivity contribution in [2.24, 2.45) is 0 Å². The van der Waals surface area contributed by atoms with E-state index < -0.39 is 23.7 Å². The van der Waals surface area contributed by atoms with Crippen LogP contribution in [-0.2, 0) is 14.4 Å². The summed E-state index contributed by atoms with van der Waals surface area (Å²) in [5.41, 5.74) is 1.82. The van der Waals surface area contributed by atoms with E-state index in [1.54, 1.807) is 12.1 Å². The number of anilines is 2. The van der Waals surface area contributed by atoms with E-state index >= 15 is 0 Å². The number of rotatable bonds is 7. The molecule has 0 spiro atoms. The largest absolute Gasteiger partial charge is 0.493 e. The summed E-state index contributed by atoms with van der Waals surface area (Å²) in [6, 6.07) is 14.1. The van der Waals surface area contributed by atoms with Gasteiger partial charge < -0.3 is 14.8 Å². The quantitative estimate of drug-likeness (QED) is 0.311. The molecule has 1 saturated heterocycles. The molecule has 1 aliphatic rings. The summed E-state index contributed by atoms with van der Waals surface area (Å²) in [6.45, 7) is 1.64. The molecule has 1 aliphatic heterocycles. The molecule has 3 aromatic carbocycles. The number of imide groups is 2. The van der Waals surface area contributed by atoms with E-state index in [2.05, 4.69) is 26.6 Å². The van der Waals surface area contributed by atoms with Gasteiger partial charge in [0.1, 0.15) is 11.4 Å². The molecule has 38 heavy (non-hydrogen) atoms. The number of barbiturate groups is 1. The fourth-order valence-corrected chi connectivity index (χ4v) is 3.99. The van der Waals surface area contributed by atoms with Gasteiger partial charge in [0, 0.05) is 10.2 Å². The Hall–Kier alpha value is -4.51. The van der Waals surface area contributed by atoms with Crippen LogP contribution in [0.4, 0.5) is 20.6 Å². The Balaban J connectivity index is 1.55. The summed E-state index contributed by atoms with van der Waals surface area (Å²) in [4.78, 5) is 51.0. The van der Waals surface area contributed by atoms with Crippen LogP contribution in [0.5, 0.6) is 11.5 Å². The van der Waals surface area contributed by atoms with Crippen molar-refractivity contribution in [2.45, 2.75) is 6.92 Å². The first-order valence-electron chi connectivity index (χ1n) is 11.2. The number of nitrogens with one attached hydrogen (secondary N) is 2. The zero-order valence-electron chi connectivity index (χ0n) is 20.2. The molecule has 11 heteroatoms. The number of benzene rings is 3. The highest BCUT2D eigenvalue weighted by atomic mass is 79.9. The topological polar surface area (TPSA) is 114 Å². The first-order valence-corrected chi connectivity index (χ1v) is 12.0. The number of nitrogens with zero attached hydrogens (tertiary/aromatic N) is 1. The Morgan fingerprint density at radius 1 is 1.05 bits per heavy atom. The van der Waals surface area contributed by atoms with Gasteiger partial charge in [0.15, 0.2) is 18.1 Å². The van der Waals surface area contributed by atoms with Crippen LogP contribution in [0.3, 0.4) is 0 Å². The molecule has 0 bridgehead atoms. The number of urea groups is 1. The van der Waals surface area contributed by atoms with E-state index in [0.29, 0.717) is 15.7 Å². The predicted octanol–water partition coefficient (Wildman–Crippen LogP) is 4.59. The number of carbonyl (C=O) groups excluding carboxylic acids is 4. The molecule has 0 aromatic heterocycles. The molecule has 1 heterocycles. The second kappa shape index (κ2) is 11.3. The molecule has 0 atom stereocenters. The zero-order chi connectivity index (χ0) is 27.4. The number of amides is 5. The minimum absolute atomic E-state index is 0.0941. The van der Waals surface area contributed by atoms with Gasteiger partial charge >= 0.3 is 6.03 Å². The fraction of sp³-hybridized carbons (Fsp3) is 0.111. The summed E-state index contributed by atoms with van der Waals surface area (Å²) < 4.78 is 24.7. The van der Waals surface area contributed by atoms with Crippen molar-refractivity contribution in [3.8, 4) is 11.5 Å². The van der Waals surface area contributed by atoms with Crippen molar-refractivity contribution >= 4 is 57.1 Å². The van der Waals surface area contributed by atoms with Gasteiger partial charge in [0.05, 0.1) is 12.8 Å². The van der Waals surface area contributed by atoms with Crippen LogP contribution >= 0.6 is 15.9 Å². The molecule has 0 radical (unpaired) electrons. The summed E-state index contributed by atoms with van der Waals surface area (Å²) >= 11 is 3.38. The van der Waals surface area contributed by atoms with Gasteiger partial charge in [-0.1, -0.05) is 33.6 Å². The maximum absolute atomic E-state index is 13.3. The second-order valence-corrected chi connectivity index (χ2v) is 9.02. The van der Waals surface area contributed by atoms with Crippen molar-refractivity contribution in [2.75, 3.05) is 23.9 Å². The third-order valence-electron chi connectivity index (χ3n) is 5.46. The highest BCUT2D eigenvalue weighted by Gasteiger charge is 2.37. The number of halogens is 2. The van der Waals surface area contributed by atoms with Crippen LogP contribution in [0, 0.1) is 12.7 Å². The highest BCUT2D eigenvalue weighted by molar-refractivity contribution is 9.10. The maximum Gasteiger partial charge on any atom is 0.335 e. The van der Waals surface area contributed by atoms with E-state index in [0.717, 1.165) is 22.6 Å². The first-order chi connectivity index (χ1) is 18.2. The van der Waals surface area contributed by atoms with E-state index in [1.165, 1.54) is 37.5 Å². The van der Waals surface area contributed by atoms with Crippen molar-refractivity contribution in [3.05, 3.63) is 87.7 Å². The number of carbonyl (C=O) groups is 4. The van der Waals surface area contributed by atoms with Crippen molar-refractivity contribution in [3.63, 3.8) is 0 Å².